The Balaban J connectivity index is 1.43. The van der Waals surface area contributed by atoms with Gasteiger partial charge >= 0.3 is 0 Å². The summed E-state index contributed by atoms with van der Waals surface area (Å²) < 4.78 is 12.6. The zero-order valence-electron chi connectivity index (χ0n) is 18.8. The van der Waals surface area contributed by atoms with Gasteiger partial charge in [-0.05, 0) is 49.9 Å². The molecular formula is C24H29N5O3. The Morgan fingerprint density at radius 1 is 1.19 bits per heavy atom. The number of benzene rings is 1. The Kier molecular flexibility index (Phi) is 5.46. The molecule has 0 atom stereocenters. The van der Waals surface area contributed by atoms with Crippen molar-refractivity contribution in [2.75, 3.05) is 36.5 Å². The van der Waals surface area contributed by atoms with Gasteiger partial charge in [0.25, 0.3) is 5.56 Å². The van der Waals surface area contributed by atoms with E-state index in [0.29, 0.717) is 19.0 Å². The van der Waals surface area contributed by atoms with Crippen molar-refractivity contribution in [3.63, 3.8) is 0 Å². The van der Waals surface area contributed by atoms with E-state index in [0.717, 1.165) is 52.9 Å². The number of piperidine rings is 1. The highest BCUT2D eigenvalue weighted by atomic mass is 16.6. The quantitative estimate of drug-likeness (QED) is 0.658. The second-order valence-corrected chi connectivity index (χ2v) is 8.92. The predicted octanol–water partition coefficient (Wildman–Crippen LogP) is 3.39. The highest BCUT2D eigenvalue weighted by Crippen LogP contribution is 2.27. The largest absolute Gasteiger partial charge is 0.480 e. The van der Waals surface area contributed by atoms with Crippen molar-refractivity contribution in [2.24, 2.45) is 13.0 Å². The maximum Gasteiger partial charge on any atom is 0.293 e. The summed E-state index contributed by atoms with van der Waals surface area (Å²) in [6.07, 6.45) is 4.16. The van der Waals surface area contributed by atoms with Gasteiger partial charge in [-0.15, -0.1) is 0 Å². The van der Waals surface area contributed by atoms with Crippen molar-refractivity contribution in [2.45, 2.75) is 32.8 Å². The summed E-state index contributed by atoms with van der Waals surface area (Å²) in [5, 5.41) is 4.36. The van der Waals surface area contributed by atoms with Crippen molar-refractivity contribution >= 4 is 28.4 Å². The number of rotatable bonds is 5. The van der Waals surface area contributed by atoms with Crippen LogP contribution in [0.1, 0.15) is 25.3 Å². The van der Waals surface area contributed by atoms with Gasteiger partial charge in [-0.25, -0.2) is 4.98 Å². The maximum absolute atomic E-state index is 12.6. The van der Waals surface area contributed by atoms with Crippen molar-refractivity contribution in [3.05, 3.63) is 46.4 Å². The fraction of sp³-hybridized carbons (Fsp3) is 0.458. The molecule has 5 rings (SSSR count). The van der Waals surface area contributed by atoms with Gasteiger partial charge in [0.1, 0.15) is 11.9 Å². The summed E-state index contributed by atoms with van der Waals surface area (Å²) in [6.45, 7) is 7.32. The molecule has 0 unspecified atom stereocenters. The summed E-state index contributed by atoms with van der Waals surface area (Å²) in [5.74, 6) is 2.67. The number of nitrogens with one attached hydrogen (secondary N) is 1. The molecule has 2 saturated heterocycles. The van der Waals surface area contributed by atoms with E-state index >= 15 is 0 Å². The van der Waals surface area contributed by atoms with E-state index in [2.05, 4.69) is 22.1 Å². The van der Waals surface area contributed by atoms with E-state index in [9.17, 15) is 4.79 Å². The van der Waals surface area contributed by atoms with E-state index in [4.69, 9.17) is 14.5 Å². The summed E-state index contributed by atoms with van der Waals surface area (Å²) in [4.78, 5) is 24.3. The first kappa shape index (κ1) is 20.8. The topological polar surface area (TPSA) is 81.5 Å². The second kappa shape index (κ2) is 8.43. The fourth-order valence-corrected chi connectivity index (χ4v) is 4.13. The van der Waals surface area contributed by atoms with E-state index in [1.807, 2.05) is 37.4 Å². The number of hydrogen-bond donors (Lipinski definition) is 1. The first-order chi connectivity index (χ1) is 15.5. The molecule has 2 aliphatic heterocycles. The number of pyridine rings is 1. The monoisotopic (exact) mass is 435 g/mol. The SMILES string of the molecule is Cc1cnc(N2CCC(C)CC2)nc1Nc1ccc2c(c1)cc(OC1COC1)c(=O)n2C. The average Bonchev–Trinajstić information content (AvgIpc) is 2.76. The molecule has 8 heteroatoms. The minimum absolute atomic E-state index is 0.0543. The molecule has 2 aliphatic rings. The number of anilines is 3. The zero-order valence-corrected chi connectivity index (χ0v) is 18.8. The van der Waals surface area contributed by atoms with Gasteiger partial charge in [0.2, 0.25) is 5.95 Å². The molecule has 2 aromatic heterocycles. The lowest BCUT2D eigenvalue weighted by atomic mass is 10.00. The highest BCUT2D eigenvalue weighted by molar-refractivity contribution is 5.85. The first-order valence-corrected chi connectivity index (χ1v) is 11.2. The number of ether oxygens (including phenoxy) is 2. The third-order valence-corrected chi connectivity index (χ3v) is 6.38. The lowest BCUT2D eigenvalue weighted by molar-refractivity contribution is -0.0802. The van der Waals surface area contributed by atoms with E-state index in [1.54, 1.807) is 11.6 Å². The predicted molar refractivity (Wildman–Crippen MR) is 125 cm³/mol. The Labute approximate surface area is 187 Å². The van der Waals surface area contributed by atoms with Gasteiger partial charge in [0.15, 0.2) is 5.75 Å². The van der Waals surface area contributed by atoms with Gasteiger partial charge in [-0.3, -0.25) is 4.79 Å². The summed E-state index contributed by atoms with van der Waals surface area (Å²) in [5.41, 5.74) is 2.58. The van der Waals surface area contributed by atoms with Crippen molar-refractivity contribution < 1.29 is 9.47 Å². The number of aromatic nitrogens is 3. The molecule has 0 spiro atoms. The Hall–Kier alpha value is -3.13. The maximum atomic E-state index is 12.6. The molecule has 0 bridgehead atoms. The van der Waals surface area contributed by atoms with Crippen molar-refractivity contribution in [1.82, 2.24) is 14.5 Å². The third-order valence-electron chi connectivity index (χ3n) is 6.38. The van der Waals surface area contributed by atoms with Crippen LogP contribution in [-0.2, 0) is 11.8 Å². The smallest absolute Gasteiger partial charge is 0.293 e. The van der Waals surface area contributed by atoms with Gasteiger partial charge < -0.3 is 24.3 Å². The van der Waals surface area contributed by atoms with Crippen LogP contribution in [0.15, 0.2) is 35.3 Å². The van der Waals surface area contributed by atoms with Gasteiger partial charge in [-0.1, -0.05) is 6.92 Å². The highest BCUT2D eigenvalue weighted by Gasteiger charge is 2.22. The lowest BCUT2D eigenvalue weighted by Gasteiger charge is -2.30. The molecule has 4 heterocycles. The van der Waals surface area contributed by atoms with Crippen LogP contribution in [0.25, 0.3) is 10.9 Å². The van der Waals surface area contributed by atoms with Crippen LogP contribution in [0.5, 0.6) is 5.75 Å². The van der Waals surface area contributed by atoms with E-state index in [-0.39, 0.29) is 11.7 Å². The zero-order chi connectivity index (χ0) is 22.2. The number of fused-ring (bicyclic) bond motifs is 1. The molecule has 0 radical (unpaired) electrons. The fourth-order valence-electron chi connectivity index (χ4n) is 4.13. The number of nitrogens with zero attached hydrogens (tertiary/aromatic N) is 4. The minimum Gasteiger partial charge on any atom is -0.480 e. The van der Waals surface area contributed by atoms with Crippen molar-refractivity contribution in [1.29, 1.82) is 0 Å². The normalized spacial score (nSPS) is 17.4. The third kappa shape index (κ3) is 4.02. The van der Waals surface area contributed by atoms with Crippen LogP contribution in [-0.4, -0.2) is 46.9 Å². The molecule has 1 aromatic carbocycles. The molecule has 168 valence electrons. The molecule has 2 fully saturated rings. The molecule has 0 saturated carbocycles. The average molecular weight is 436 g/mol. The van der Waals surface area contributed by atoms with Crippen LogP contribution in [0, 0.1) is 12.8 Å². The standard InChI is InChI=1S/C24H29N5O3/c1-15-6-8-29(9-7-15)24-25-12-16(2)22(27-24)26-18-4-5-20-17(10-18)11-21(23(30)28(20)3)32-19-13-31-14-19/h4-5,10-12,15,19H,6-9,13-14H2,1-3H3,(H,25,26,27). The minimum atomic E-state index is -0.141. The Morgan fingerprint density at radius 2 is 1.97 bits per heavy atom. The summed E-state index contributed by atoms with van der Waals surface area (Å²) in [6, 6.07) is 7.74. The molecule has 3 aromatic rings. The summed E-state index contributed by atoms with van der Waals surface area (Å²) in [7, 11) is 1.77. The molecule has 0 amide bonds. The number of hydrogen-bond acceptors (Lipinski definition) is 7. The molecule has 1 N–H and O–H groups in total. The second-order valence-electron chi connectivity index (χ2n) is 8.92. The Bertz CT molecular complexity index is 1200. The van der Waals surface area contributed by atoms with Crippen LogP contribution in [0.3, 0.4) is 0 Å². The number of aryl methyl sites for hydroxylation is 2. The molecule has 0 aliphatic carbocycles. The summed E-state index contributed by atoms with van der Waals surface area (Å²) >= 11 is 0. The van der Waals surface area contributed by atoms with Gasteiger partial charge in [0.05, 0.1) is 18.7 Å². The lowest BCUT2D eigenvalue weighted by Crippen LogP contribution is -2.40. The molecule has 8 nitrogen and oxygen atoms in total. The van der Waals surface area contributed by atoms with Crippen LogP contribution in [0.2, 0.25) is 0 Å². The van der Waals surface area contributed by atoms with Gasteiger partial charge in [0, 0.05) is 43.0 Å². The molecular weight excluding hydrogens is 406 g/mol. The van der Waals surface area contributed by atoms with E-state index in [1.165, 1.54) is 12.8 Å². The van der Waals surface area contributed by atoms with Crippen molar-refractivity contribution in [3.8, 4) is 5.75 Å². The van der Waals surface area contributed by atoms with Gasteiger partial charge in [-0.2, -0.15) is 4.98 Å². The van der Waals surface area contributed by atoms with Crippen LogP contribution in [0.4, 0.5) is 17.5 Å². The first-order valence-electron chi connectivity index (χ1n) is 11.2. The Morgan fingerprint density at radius 3 is 2.69 bits per heavy atom. The molecule has 32 heavy (non-hydrogen) atoms. The van der Waals surface area contributed by atoms with E-state index < -0.39 is 0 Å². The van der Waals surface area contributed by atoms with Crippen LogP contribution >= 0.6 is 0 Å². The van der Waals surface area contributed by atoms with Crippen LogP contribution < -0.4 is 20.5 Å².